The quantitative estimate of drug-likeness (QED) is 0.593. The third kappa shape index (κ3) is 0.800. The van der Waals surface area contributed by atoms with E-state index < -0.39 is 0 Å². The van der Waals surface area contributed by atoms with Gasteiger partial charge in [-0.15, -0.1) is 0 Å². The van der Waals surface area contributed by atoms with E-state index >= 15 is 0 Å². The van der Waals surface area contributed by atoms with Gasteiger partial charge >= 0.3 is 0 Å². The Balaban J connectivity index is 2.18. The van der Waals surface area contributed by atoms with Gasteiger partial charge < -0.3 is 5.32 Å². The minimum atomic E-state index is 0.0786. The van der Waals surface area contributed by atoms with Gasteiger partial charge in [-0.3, -0.25) is 4.79 Å². The fourth-order valence-electron chi connectivity index (χ4n) is 2.00. The SMILES string of the molecule is O=C1Nc2ccccc2C2C=CC12. The lowest BCUT2D eigenvalue weighted by molar-refractivity contribution is -0.119. The molecule has 1 aromatic carbocycles. The molecule has 2 atom stereocenters. The van der Waals surface area contributed by atoms with Gasteiger partial charge in [0.15, 0.2) is 0 Å². The molecular formula is C11H9NO. The highest BCUT2D eigenvalue weighted by Gasteiger charge is 2.36. The predicted octanol–water partition coefficient (Wildman–Crippen LogP) is 1.91. The van der Waals surface area contributed by atoms with E-state index in [2.05, 4.69) is 17.5 Å². The zero-order chi connectivity index (χ0) is 8.84. The van der Waals surface area contributed by atoms with E-state index in [0.29, 0.717) is 5.92 Å². The van der Waals surface area contributed by atoms with Crippen molar-refractivity contribution < 1.29 is 4.79 Å². The Morgan fingerprint density at radius 1 is 1.08 bits per heavy atom. The number of para-hydroxylation sites is 1. The molecule has 1 aliphatic heterocycles. The molecule has 1 N–H and O–H groups in total. The van der Waals surface area contributed by atoms with Crippen LogP contribution in [-0.4, -0.2) is 5.91 Å². The summed E-state index contributed by atoms with van der Waals surface area (Å²) in [6.45, 7) is 0. The third-order valence-electron chi connectivity index (χ3n) is 2.79. The Labute approximate surface area is 76.3 Å². The number of hydrogen-bond acceptors (Lipinski definition) is 1. The average molecular weight is 171 g/mol. The van der Waals surface area contributed by atoms with Crippen molar-refractivity contribution in [3.05, 3.63) is 42.0 Å². The summed E-state index contributed by atoms with van der Waals surface area (Å²) < 4.78 is 0. The third-order valence-corrected chi connectivity index (χ3v) is 2.79. The van der Waals surface area contributed by atoms with Crippen LogP contribution in [0, 0.1) is 5.92 Å². The minimum Gasteiger partial charge on any atom is -0.325 e. The van der Waals surface area contributed by atoms with Crippen LogP contribution in [-0.2, 0) is 4.79 Å². The number of allylic oxidation sites excluding steroid dienone is 1. The van der Waals surface area contributed by atoms with E-state index in [-0.39, 0.29) is 11.8 Å². The van der Waals surface area contributed by atoms with Crippen LogP contribution in [0.25, 0.3) is 0 Å². The molecule has 1 aromatic rings. The van der Waals surface area contributed by atoms with E-state index in [1.165, 1.54) is 5.56 Å². The second-order valence-electron chi connectivity index (χ2n) is 3.51. The van der Waals surface area contributed by atoms with Gasteiger partial charge in [0.2, 0.25) is 5.91 Å². The van der Waals surface area contributed by atoms with Crippen molar-refractivity contribution in [2.75, 3.05) is 5.32 Å². The average Bonchev–Trinajstić information content (AvgIpc) is 2.04. The van der Waals surface area contributed by atoms with E-state index in [0.717, 1.165) is 5.69 Å². The molecule has 0 saturated heterocycles. The summed E-state index contributed by atoms with van der Waals surface area (Å²) in [4.78, 5) is 11.5. The molecule has 0 fully saturated rings. The predicted molar refractivity (Wildman–Crippen MR) is 50.4 cm³/mol. The zero-order valence-corrected chi connectivity index (χ0v) is 7.03. The molecule has 0 bridgehead atoms. The first-order valence-electron chi connectivity index (χ1n) is 4.44. The zero-order valence-electron chi connectivity index (χ0n) is 7.03. The summed E-state index contributed by atoms with van der Waals surface area (Å²) in [7, 11) is 0. The first kappa shape index (κ1) is 6.89. The lowest BCUT2D eigenvalue weighted by atomic mass is 9.74. The topological polar surface area (TPSA) is 29.1 Å². The van der Waals surface area contributed by atoms with Crippen molar-refractivity contribution in [1.29, 1.82) is 0 Å². The fraction of sp³-hybridized carbons (Fsp3) is 0.182. The molecule has 0 radical (unpaired) electrons. The Morgan fingerprint density at radius 3 is 2.62 bits per heavy atom. The number of benzene rings is 1. The van der Waals surface area contributed by atoms with Gasteiger partial charge in [0.05, 0.1) is 5.92 Å². The number of anilines is 1. The largest absolute Gasteiger partial charge is 0.325 e. The van der Waals surface area contributed by atoms with Gasteiger partial charge in [0.1, 0.15) is 0 Å². The van der Waals surface area contributed by atoms with Crippen molar-refractivity contribution in [3.63, 3.8) is 0 Å². The summed E-state index contributed by atoms with van der Waals surface area (Å²) in [6, 6.07) is 7.99. The Hall–Kier alpha value is -1.57. The van der Waals surface area contributed by atoms with E-state index in [1.54, 1.807) is 0 Å². The molecule has 0 aromatic heterocycles. The van der Waals surface area contributed by atoms with Crippen LogP contribution in [0.3, 0.4) is 0 Å². The number of hydrogen-bond donors (Lipinski definition) is 1. The van der Waals surface area contributed by atoms with Crippen LogP contribution < -0.4 is 5.32 Å². The number of carbonyl (C=O) groups excluding carboxylic acids is 1. The van der Waals surface area contributed by atoms with Crippen molar-refractivity contribution in [1.82, 2.24) is 0 Å². The molecule has 1 heterocycles. The van der Waals surface area contributed by atoms with Crippen LogP contribution in [0.4, 0.5) is 5.69 Å². The van der Waals surface area contributed by atoms with Crippen LogP contribution in [0.1, 0.15) is 11.5 Å². The molecule has 2 unspecified atom stereocenters. The van der Waals surface area contributed by atoms with Crippen molar-refractivity contribution >= 4 is 11.6 Å². The second kappa shape index (κ2) is 2.22. The molecule has 2 heteroatoms. The van der Waals surface area contributed by atoms with E-state index in [1.807, 2.05) is 24.3 Å². The van der Waals surface area contributed by atoms with Gasteiger partial charge in [-0.25, -0.2) is 0 Å². The second-order valence-corrected chi connectivity index (χ2v) is 3.51. The smallest absolute Gasteiger partial charge is 0.232 e. The summed E-state index contributed by atoms with van der Waals surface area (Å²) in [5.74, 6) is 0.533. The molecule has 13 heavy (non-hydrogen) atoms. The normalized spacial score (nSPS) is 28.5. The van der Waals surface area contributed by atoms with E-state index in [9.17, 15) is 4.79 Å². The highest BCUT2D eigenvalue weighted by atomic mass is 16.2. The summed E-state index contributed by atoms with van der Waals surface area (Å²) in [5.41, 5.74) is 2.22. The molecule has 2 nitrogen and oxygen atoms in total. The summed E-state index contributed by atoms with van der Waals surface area (Å²) in [6.07, 6.45) is 4.07. The van der Waals surface area contributed by atoms with Gasteiger partial charge in [-0.2, -0.15) is 0 Å². The highest BCUT2D eigenvalue weighted by molar-refractivity contribution is 5.99. The van der Waals surface area contributed by atoms with Crippen LogP contribution in [0.2, 0.25) is 0 Å². The van der Waals surface area contributed by atoms with Gasteiger partial charge in [-0.05, 0) is 11.6 Å². The van der Waals surface area contributed by atoms with Crippen molar-refractivity contribution in [2.45, 2.75) is 5.92 Å². The minimum absolute atomic E-state index is 0.0786. The van der Waals surface area contributed by atoms with Crippen molar-refractivity contribution in [3.8, 4) is 0 Å². The number of carbonyl (C=O) groups is 1. The Morgan fingerprint density at radius 2 is 1.85 bits per heavy atom. The van der Waals surface area contributed by atoms with Gasteiger partial charge in [-0.1, -0.05) is 30.4 Å². The Bertz CT molecular complexity index is 408. The molecular weight excluding hydrogens is 162 g/mol. The molecule has 64 valence electrons. The lowest BCUT2D eigenvalue weighted by Gasteiger charge is -2.34. The molecule has 2 aliphatic rings. The molecule has 1 aliphatic carbocycles. The maximum absolute atomic E-state index is 11.5. The first-order chi connectivity index (χ1) is 6.36. The van der Waals surface area contributed by atoms with Gasteiger partial charge in [0, 0.05) is 11.6 Å². The maximum Gasteiger partial charge on any atom is 0.232 e. The number of rotatable bonds is 0. The number of amides is 1. The molecule has 0 saturated carbocycles. The van der Waals surface area contributed by atoms with Gasteiger partial charge in [0.25, 0.3) is 0 Å². The van der Waals surface area contributed by atoms with Crippen LogP contribution >= 0.6 is 0 Å². The first-order valence-corrected chi connectivity index (χ1v) is 4.44. The summed E-state index contributed by atoms with van der Waals surface area (Å²) in [5, 5.41) is 2.90. The Kier molecular flexibility index (Phi) is 1.18. The fourth-order valence-corrected chi connectivity index (χ4v) is 2.00. The van der Waals surface area contributed by atoms with E-state index in [4.69, 9.17) is 0 Å². The molecule has 3 rings (SSSR count). The monoisotopic (exact) mass is 171 g/mol. The molecule has 1 amide bonds. The highest BCUT2D eigenvalue weighted by Crippen LogP contribution is 2.42. The standard InChI is InChI=1S/C11H9NO/c13-11-9-6-5-7(9)8-3-1-2-4-10(8)12-11/h1-7,9H,(H,12,13). The van der Waals surface area contributed by atoms with Crippen molar-refractivity contribution in [2.24, 2.45) is 5.92 Å². The maximum atomic E-state index is 11.5. The number of nitrogens with one attached hydrogen (secondary N) is 1. The lowest BCUT2D eigenvalue weighted by Crippen LogP contribution is -2.35. The summed E-state index contributed by atoms with van der Waals surface area (Å²) >= 11 is 0. The van der Waals surface area contributed by atoms with Crippen LogP contribution in [0.5, 0.6) is 0 Å². The number of fused-ring (bicyclic) bond motifs is 3. The van der Waals surface area contributed by atoms with Crippen LogP contribution in [0.15, 0.2) is 36.4 Å². The molecule has 0 spiro atoms.